The standard InChI is InChI=1S/C17H21NO5S2/c1-12-6-8-18(14-4-2-3-5-15(14)24-12)16(19)10-23-17(20)13-7-9-25(21,22)11-13/h2-5,12-13H,6-11H2,1H3. The van der Waals surface area contributed by atoms with E-state index in [0.29, 0.717) is 11.8 Å². The maximum absolute atomic E-state index is 12.6. The Kier molecular flexibility index (Phi) is 5.38. The molecule has 1 amide bonds. The number of esters is 1. The van der Waals surface area contributed by atoms with Gasteiger partial charge in [0.25, 0.3) is 5.91 Å². The summed E-state index contributed by atoms with van der Waals surface area (Å²) in [5.74, 6) is -1.70. The summed E-state index contributed by atoms with van der Waals surface area (Å²) in [7, 11) is -3.15. The third kappa shape index (κ3) is 4.36. The molecule has 0 aliphatic carbocycles. The topological polar surface area (TPSA) is 80.8 Å². The Hall–Kier alpha value is -1.54. The van der Waals surface area contributed by atoms with Crippen LogP contribution in [0, 0.1) is 5.92 Å². The van der Waals surface area contributed by atoms with Gasteiger partial charge < -0.3 is 9.64 Å². The summed E-state index contributed by atoms with van der Waals surface area (Å²) in [5.41, 5.74) is 0.835. The number of amides is 1. The Bertz CT molecular complexity index is 777. The molecule has 1 aromatic carbocycles. The van der Waals surface area contributed by atoms with Crippen molar-refractivity contribution in [3.8, 4) is 0 Å². The van der Waals surface area contributed by atoms with Gasteiger partial charge in [0.15, 0.2) is 16.4 Å². The molecule has 6 nitrogen and oxygen atoms in total. The fourth-order valence-corrected chi connectivity index (χ4v) is 5.89. The van der Waals surface area contributed by atoms with Crippen LogP contribution in [0.1, 0.15) is 19.8 Å². The van der Waals surface area contributed by atoms with Gasteiger partial charge in [0.05, 0.1) is 23.1 Å². The quantitative estimate of drug-likeness (QED) is 0.742. The molecule has 3 rings (SSSR count). The molecule has 0 aromatic heterocycles. The van der Waals surface area contributed by atoms with Crippen molar-refractivity contribution < 1.29 is 22.7 Å². The van der Waals surface area contributed by atoms with Crippen LogP contribution in [0.2, 0.25) is 0 Å². The molecule has 1 aromatic rings. The van der Waals surface area contributed by atoms with E-state index >= 15 is 0 Å². The van der Waals surface area contributed by atoms with Gasteiger partial charge in [0, 0.05) is 16.7 Å². The number of rotatable bonds is 3. The normalized spacial score (nSPS) is 25.1. The highest BCUT2D eigenvalue weighted by Gasteiger charge is 2.34. The number of carbonyl (C=O) groups is 2. The summed E-state index contributed by atoms with van der Waals surface area (Å²) in [4.78, 5) is 27.3. The van der Waals surface area contributed by atoms with Gasteiger partial charge in [-0.3, -0.25) is 9.59 Å². The number of para-hydroxylation sites is 1. The molecule has 136 valence electrons. The molecule has 2 aliphatic heterocycles. The number of nitrogens with zero attached hydrogens (tertiary/aromatic N) is 1. The van der Waals surface area contributed by atoms with Gasteiger partial charge in [0.1, 0.15) is 0 Å². The largest absolute Gasteiger partial charge is 0.455 e. The second kappa shape index (κ2) is 7.37. The monoisotopic (exact) mass is 383 g/mol. The van der Waals surface area contributed by atoms with Crippen LogP contribution in [0.15, 0.2) is 29.2 Å². The van der Waals surface area contributed by atoms with Gasteiger partial charge in [0.2, 0.25) is 0 Å². The Labute approximate surface area is 151 Å². The molecule has 0 radical (unpaired) electrons. The lowest BCUT2D eigenvalue weighted by Gasteiger charge is -2.22. The minimum atomic E-state index is -3.15. The van der Waals surface area contributed by atoms with Crippen LogP contribution in [0.4, 0.5) is 5.69 Å². The van der Waals surface area contributed by atoms with E-state index in [1.807, 2.05) is 24.3 Å². The highest BCUT2D eigenvalue weighted by molar-refractivity contribution is 8.00. The Morgan fingerprint density at radius 3 is 2.76 bits per heavy atom. The summed E-state index contributed by atoms with van der Waals surface area (Å²) >= 11 is 1.73. The zero-order valence-electron chi connectivity index (χ0n) is 14.0. The molecule has 25 heavy (non-hydrogen) atoms. The van der Waals surface area contributed by atoms with Crippen LogP contribution < -0.4 is 4.90 Å². The lowest BCUT2D eigenvalue weighted by molar-refractivity contribution is -0.151. The number of anilines is 1. The number of benzene rings is 1. The van der Waals surface area contributed by atoms with Crippen molar-refractivity contribution >= 4 is 39.2 Å². The van der Waals surface area contributed by atoms with Gasteiger partial charge >= 0.3 is 5.97 Å². The molecule has 2 aliphatic rings. The predicted molar refractivity (Wildman–Crippen MR) is 96.5 cm³/mol. The second-order valence-corrected chi connectivity index (χ2v) is 10.1. The molecule has 0 saturated carbocycles. The number of carbonyl (C=O) groups excluding carboxylic acids is 2. The third-order valence-electron chi connectivity index (χ3n) is 4.45. The molecule has 2 atom stereocenters. The number of thioether (sulfide) groups is 1. The van der Waals surface area contributed by atoms with Crippen molar-refractivity contribution in [2.75, 3.05) is 29.6 Å². The average molecular weight is 383 g/mol. The second-order valence-electron chi connectivity index (χ2n) is 6.44. The molecule has 1 saturated heterocycles. The van der Waals surface area contributed by atoms with E-state index in [1.165, 1.54) is 0 Å². The van der Waals surface area contributed by atoms with E-state index in [9.17, 15) is 18.0 Å². The summed E-state index contributed by atoms with van der Waals surface area (Å²) in [6.07, 6.45) is 1.12. The summed E-state index contributed by atoms with van der Waals surface area (Å²) in [6.45, 7) is 2.33. The molecule has 0 N–H and O–H groups in total. The average Bonchev–Trinajstić information content (AvgIpc) is 2.84. The van der Waals surface area contributed by atoms with E-state index in [-0.39, 0.29) is 30.4 Å². The lowest BCUT2D eigenvalue weighted by Crippen LogP contribution is -2.36. The molecule has 2 heterocycles. The van der Waals surface area contributed by atoms with Gasteiger partial charge in [-0.2, -0.15) is 0 Å². The van der Waals surface area contributed by atoms with E-state index in [1.54, 1.807) is 16.7 Å². The van der Waals surface area contributed by atoms with E-state index in [2.05, 4.69) is 6.92 Å². The maximum Gasteiger partial charge on any atom is 0.310 e. The van der Waals surface area contributed by atoms with Crippen LogP contribution in [0.5, 0.6) is 0 Å². The minimum Gasteiger partial charge on any atom is -0.455 e. The molecule has 2 unspecified atom stereocenters. The molecule has 1 fully saturated rings. The van der Waals surface area contributed by atoms with Crippen molar-refractivity contribution in [3.63, 3.8) is 0 Å². The number of fused-ring (bicyclic) bond motifs is 1. The zero-order valence-corrected chi connectivity index (χ0v) is 15.6. The van der Waals surface area contributed by atoms with E-state index in [0.717, 1.165) is 17.0 Å². The predicted octanol–water partition coefficient (Wildman–Crippen LogP) is 1.88. The van der Waals surface area contributed by atoms with Crippen LogP contribution in [0.25, 0.3) is 0 Å². The third-order valence-corrected chi connectivity index (χ3v) is 7.45. The fraction of sp³-hybridized carbons (Fsp3) is 0.529. The van der Waals surface area contributed by atoms with Crippen LogP contribution in [-0.2, 0) is 24.2 Å². The maximum atomic E-state index is 12.6. The first kappa shape index (κ1) is 18.3. The number of hydrogen-bond acceptors (Lipinski definition) is 6. The van der Waals surface area contributed by atoms with Gasteiger partial charge in [-0.25, -0.2) is 8.42 Å². The van der Waals surface area contributed by atoms with Crippen LogP contribution in [0.3, 0.4) is 0 Å². The summed E-state index contributed by atoms with van der Waals surface area (Å²) < 4.78 is 28.0. The lowest BCUT2D eigenvalue weighted by atomic mass is 10.1. The molecule has 0 bridgehead atoms. The first-order chi connectivity index (χ1) is 11.9. The van der Waals surface area contributed by atoms with E-state index < -0.39 is 21.7 Å². The highest BCUT2D eigenvalue weighted by atomic mass is 32.2. The van der Waals surface area contributed by atoms with Crippen molar-refractivity contribution in [1.82, 2.24) is 0 Å². The number of sulfone groups is 1. The summed E-state index contributed by atoms with van der Waals surface area (Å²) in [5, 5.41) is 0.394. The Morgan fingerprint density at radius 2 is 2.04 bits per heavy atom. The molecular weight excluding hydrogens is 362 g/mol. The molecular formula is C17H21NO5S2. The first-order valence-corrected chi connectivity index (χ1v) is 11.0. The van der Waals surface area contributed by atoms with Gasteiger partial charge in [-0.1, -0.05) is 19.1 Å². The van der Waals surface area contributed by atoms with Crippen molar-refractivity contribution in [3.05, 3.63) is 24.3 Å². The smallest absolute Gasteiger partial charge is 0.310 e. The van der Waals surface area contributed by atoms with Crippen molar-refractivity contribution in [2.45, 2.75) is 29.9 Å². The highest BCUT2D eigenvalue weighted by Crippen LogP contribution is 2.37. The zero-order chi connectivity index (χ0) is 18.0. The molecule has 0 spiro atoms. The SMILES string of the molecule is CC1CCN(C(=O)COC(=O)C2CCS(=O)(=O)C2)c2ccccc2S1. The first-order valence-electron chi connectivity index (χ1n) is 8.29. The number of ether oxygens (including phenoxy) is 1. The Balaban J connectivity index is 1.64. The fourth-order valence-electron chi connectivity index (χ4n) is 3.06. The van der Waals surface area contributed by atoms with Crippen LogP contribution >= 0.6 is 11.8 Å². The minimum absolute atomic E-state index is 0.00925. The number of hydrogen-bond donors (Lipinski definition) is 0. The van der Waals surface area contributed by atoms with Gasteiger partial charge in [-0.15, -0.1) is 11.8 Å². The van der Waals surface area contributed by atoms with Crippen LogP contribution in [-0.4, -0.2) is 50.2 Å². The van der Waals surface area contributed by atoms with E-state index in [4.69, 9.17) is 4.74 Å². The Morgan fingerprint density at radius 1 is 1.28 bits per heavy atom. The van der Waals surface area contributed by atoms with Gasteiger partial charge in [-0.05, 0) is 25.0 Å². The van der Waals surface area contributed by atoms with Crippen molar-refractivity contribution in [2.24, 2.45) is 5.92 Å². The van der Waals surface area contributed by atoms with Crippen molar-refractivity contribution in [1.29, 1.82) is 0 Å². The molecule has 8 heteroatoms. The summed E-state index contributed by atoms with van der Waals surface area (Å²) in [6, 6.07) is 7.69.